The van der Waals surface area contributed by atoms with Gasteiger partial charge in [-0.1, -0.05) is 49.9 Å². The van der Waals surface area contributed by atoms with Crippen LogP contribution < -0.4 is 5.32 Å². The monoisotopic (exact) mass is 481 g/mol. The van der Waals surface area contributed by atoms with Gasteiger partial charge in [0, 0.05) is 5.02 Å². The van der Waals surface area contributed by atoms with E-state index in [-0.39, 0.29) is 25.5 Å². The van der Waals surface area contributed by atoms with E-state index in [2.05, 4.69) is 5.32 Å². The zero-order chi connectivity index (χ0) is 24.3. The smallest absolute Gasteiger partial charge is 0.307 e. The molecule has 1 aromatic rings. The van der Waals surface area contributed by atoms with E-state index in [0.717, 1.165) is 24.8 Å². The first-order valence-electron chi connectivity index (χ1n) is 11.8. The molecule has 0 radical (unpaired) electrons. The highest BCUT2D eigenvalue weighted by molar-refractivity contribution is 6.30. The Bertz CT molecular complexity index is 776. The van der Waals surface area contributed by atoms with Gasteiger partial charge in [0.2, 0.25) is 5.91 Å². The first-order valence-corrected chi connectivity index (χ1v) is 12.2. The molecule has 0 aliphatic heterocycles. The molecule has 0 bridgehead atoms. The van der Waals surface area contributed by atoms with Gasteiger partial charge in [-0.05, 0) is 50.3 Å². The van der Waals surface area contributed by atoms with E-state index in [0.29, 0.717) is 37.3 Å². The van der Waals surface area contributed by atoms with Crippen molar-refractivity contribution in [2.75, 3.05) is 13.2 Å². The van der Waals surface area contributed by atoms with Gasteiger partial charge in [-0.25, -0.2) is 0 Å². The van der Waals surface area contributed by atoms with Crippen LogP contribution in [0, 0.1) is 11.3 Å². The molecule has 1 saturated carbocycles. The third-order valence-corrected chi connectivity index (χ3v) is 6.47. The zero-order valence-corrected chi connectivity index (χ0v) is 20.4. The second-order valence-corrected chi connectivity index (χ2v) is 9.27. The topological polar surface area (TPSA) is 102 Å². The summed E-state index contributed by atoms with van der Waals surface area (Å²) >= 11 is 5.91. The van der Waals surface area contributed by atoms with Crippen LogP contribution in [0.3, 0.4) is 0 Å². The molecule has 7 nitrogen and oxygen atoms in total. The third-order valence-electron chi connectivity index (χ3n) is 6.22. The minimum absolute atomic E-state index is 0.00635. The molecule has 1 amide bonds. The lowest BCUT2D eigenvalue weighted by molar-refractivity contribution is -0.145. The van der Waals surface area contributed by atoms with E-state index >= 15 is 0 Å². The highest BCUT2D eigenvalue weighted by Gasteiger charge is 2.44. The molecule has 1 aromatic carbocycles. The Hall–Kier alpha value is -2.12. The molecule has 1 fully saturated rings. The molecule has 1 aliphatic rings. The molecule has 2 atom stereocenters. The van der Waals surface area contributed by atoms with Gasteiger partial charge in [-0.15, -0.1) is 0 Å². The Balaban J connectivity index is 2.07. The lowest BCUT2D eigenvalue weighted by Crippen LogP contribution is -2.48. The van der Waals surface area contributed by atoms with Crippen molar-refractivity contribution in [3.05, 3.63) is 34.9 Å². The summed E-state index contributed by atoms with van der Waals surface area (Å²) in [5, 5.41) is 13.3. The van der Waals surface area contributed by atoms with Crippen LogP contribution in [0.1, 0.15) is 70.8 Å². The minimum Gasteiger partial charge on any atom is -0.481 e. The number of carbonyl (C=O) groups excluding carboxylic acids is 2. The molecule has 8 heteroatoms. The minimum atomic E-state index is -0.856. The van der Waals surface area contributed by atoms with Crippen LogP contribution in [0.5, 0.6) is 0 Å². The maximum Gasteiger partial charge on any atom is 0.307 e. The van der Waals surface area contributed by atoms with E-state index in [1.165, 1.54) is 0 Å². The van der Waals surface area contributed by atoms with Crippen molar-refractivity contribution < 1.29 is 29.0 Å². The number of benzene rings is 1. The van der Waals surface area contributed by atoms with Gasteiger partial charge in [0.15, 0.2) is 0 Å². The number of esters is 1. The van der Waals surface area contributed by atoms with Crippen molar-refractivity contribution in [3.63, 3.8) is 0 Å². The van der Waals surface area contributed by atoms with Gasteiger partial charge in [0.05, 0.1) is 43.6 Å². The predicted octanol–water partition coefficient (Wildman–Crippen LogP) is 4.75. The molecule has 0 saturated heterocycles. The van der Waals surface area contributed by atoms with Crippen LogP contribution in [0.15, 0.2) is 24.3 Å². The Labute approximate surface area is 201 Å². The van der Waals surface area contributed by atoms with Gasteiger partial charge in [-0.2, -0.15) is 0 Å². The van der Waals surface area contributed by atoms with Crippen LogP contribution in [0.25, 0.3) is 0 Å². The van der Waals surface area contributed by atoms with E-state index in [9.17, 15) is 19.5 Å². The standard InChI is InChI=1S/C25H36ClNO6/c1-3-7-19(23(29)30)15-25(12-5-6-13-25)24(31)27-21(14-22(28)33-4-2)17-32-16-18-8-10-20(26)11-9-18/h8-11,19,21H,3-7,12-17H2,1-2H3,(H,27,31)(H,29,30)/t19-,21-/m1/s1. The second-order valence-electron chi connectivity index (χ2n) is 8.84. The first-order chi connectivity index (χ1) is 15.8. The second kappa shape index (κ2) is 13.6. The van der Waals surface area contributed by atoms with Gasteiger partial charge in [0.25, 0.3) is 0 Å². The van der Waals surface area contributed by atoms with Crippen molar-refractivity contribution in [3.8, 4) is 0 Å². The number of hydrogen-bond acceptors (Lipinski definition) is 5. The summed E-state index contributed by atoms with van der Waals surface area (Å²) in [6, 6.07) is 6.70. The van der Waals surface area contributed by atoms with Gasteiger partial charge < -0.3 is 19.9 Å². The number of nitrogens with one attached hydrogen (secondary N) is 1. The quantitative estimate of drug-likeness (QED) is 0.372. The Kier molecular flexibility index (Phi) is 11.1. The highest BCUT2D eigenvalue weighted by atomic mass is 35.5. The normalized spacial score (nSPS) is 16.7. The number of amides is 1. The average Bonchev–Trinajstić information content (AvgIpc) is 3.25. The number of aliphatic carboxylic acids is 1. The number of carboxylic acid groups (broad SMARTS) is 1. The molecule has 0 heterocycles. The van der Waals surface area contributed by atoms with Crippen LogP contribution in [0.2, 0.25) is 5.02 Å². The number of rotatable bonds is 14. The first kappa shape index (κ1) is 27.1. The van der Waals surface area contributed by atoms with Crippen LogP contribution in [-0.4, -0.2) is 42.2 Å². The van der Waals surface area contributed by atoms with Crippen molar-refractivity contribution in [1.29, 1.82) is 0 Å². The Morgan fingerprint density at radius 3 is 2.39 bits per heavy atom. The number of halogens is 1. The summed E-state index contributed by atoms with van der Waals surface area (Å²) in [5.41, 5.74) is 0.207. The molecular weight excluding hydrogens is 446 g/mol. The van der Waals surface area contributed by atoms with Gasteiger partial charge in [-0.3, -0.25) is 14.4 Å². The maximum atomic E-state index is 13.4. The molecular formula is C25H36ClNO6. The Morgan fingerprint density at radius 2 is 1.82 bits per heavy atom. The zero-order valence-electron chi connectivity index (χ0n) is 19.6. The maximum absolute atomic E-state index is 13.4. The van der Waals surface area contributed by atoms with Crippen molar-refractivity contribution in [2.45, 2.75) is 77.9 Å². The van der Waals surface area contributed by atoms with Crippen molar-refractivity contribution >= 4 is 29.4 Å². The lowest BCUT2D eigenvalue weighted by atomic mass is 9.75. The van der Waals surface area contributed by atoms with E-state index in [4.69, 9.17) is 21.1 Å². The number of carboxylic acids is 1. The number of ether oxygens (including phenoxy) is 2. The molecule has 0 spiro atoms. The number of hydrogen-bond donors (Lipinski definition) is 2. The van der Waals surface area contributed by atoms with E-state index < -0.39 is 29.3 Å². The summed E-state index contributed by atoms with van der Waals surface area (Å²) < 4.78 is 10.9. The summed E-state index contributed by atoms with van der Waals surface area (Å²) in [7, 11) is 0. The summed E-state index contributed by atoms with van der Waals surface area (Å²) in [6.45, 7) is 4.39. The molecule has 33 heavy (non-hydrogen) atoms. The third kappa shape index (κ3) is 8.63. The molecule has 0 aromatic heterocycles. The number of carbonyl (C=O) groups is 3. The lowest BCUT2D eigenvalue weighted by Gasteiger charge is -2.32. The SMILES string of the molecule is CCC[C@H](CC1(C(=O)N[C@@H](COCc2ccc(Cl)cc2)CC(=O)OCC)CCCC1)C(=O)O. The molecule has 184 valence electrons. The fourth-order valence-corrected chi connectivity index (χ4v) is 4.65. The van der Waals surface area contributed by atoms with Crippen LogP contribution in [0.4, 0.5) is 0 Å². The summed E-state index contributed by atoms with van der Waals surface area (Å²) in [4.78, 5) is 37.3. The molecule has 2 N–H and O–H groups in total. The average molecular weight is 482 g/mol. The predicted molar refractivity (Wildman–Crippen MR) is 126 cm³/mol. The fraction of sp³-hybridized carbons (Fsp3) is 0.640. The van der Waals surface area contributed by atoms with Crippen molar-refractivity contribution in [1.82, 2.24) is 5.32 Å². The summed E-state index contributed by atoms with van der Waals surface area (Å²) in [5.74, 6) is -2.01. The molecule has 1 aliphatic carbocycles. The van der Waals surface area contributed by atoms with E-state index in [1.807, 2.05) is 19.1 Å². The van der Waals surface area contributed by atoms with Crippen LogP contribution >= 0.6 is 11.6 Å². The fourth-order valence-electron chi connectivity index (χ4n) is 4.52. The molecule has 2 rings (SSSR count). The van der Waals surface area contributed by atoms with Crippen LogP contribution in [-0.2, 0) is 30.5 Å². The van der Waals surface area contributed by atoms with Gasteiger partial charge >= 0.3 is 11.9 Å². The highest BCUT2D eigenvalue weighted by Crippen LogP contribution is 2.44. The molecule has 0 unspecified atom stereocenters. The van der Waals surface area contributed by atoms with E-state index in [1.54, 1.807) is 19.1 Å². The van der Waals surface area contributed by atoms with Crippen molar-refractivity contribution in [2.24, 2.45) is 11.3 Å². The van der Waals surface area contributed by atoms with Gasteiger partial charge in [0.1, 0.15) is 0 Å². The summed E-state index contributed by atoms with van der Waals surface area (Å²) in [6.07, 6.45) is 4.70. The Morgan fingerprint density at radius 1 is 1.15 bits per heavy atom. The largest absolute Gasteiger partial charge is 0.481 e.